The van der Waals surface area contributed by atoms with Crippen LogP contribution in [0.1, 0.15) is 27.8 Å². The number of rotatable bonds is 4. The van der Waals surface area contributed by atoms with Gasteiger partial charge in [-0.25, -0.2) is 4.68 Å². The first-order valence-electron chi connectivity index (χ1n) is 10.5. The van der Waals surface area contributed by atoms with Gasteiger partial charge in [0.1, 0.15) is 11.9 Å². The molecule has 31 heavy (non-hydrogen) atoms. The number of piperazine rings is 1. The second-order valence-electron chi connectivity index (χ2n) is 7.75. The monoisotopic (exact) mass is 419 g/mol. The zero-order chi connectivity index (χ0) is 21.2. The van der Waals surface area contributed by atoms with Gasteiger partial charge in [0.05, 0.1) is 26.0 Å². The Kier molecular flexibility index (Phi) is 5.30. The third kappa shape index (κ3) is 3.86. The Labute approximate surface area is 181 Å². The summed E-state index contributed by atoms with van der Waals surface area (Å²) in [5.41, 5.74) is 3.39. The van der Waals surface area contributed by atoms with Crippen LogP contribution in [-0.2, 0) is 17.9 Å². The molecule has 1 saturated heterocycles. The quantitative estimate of drug-likeness (QED) is 0.647. The SMILES string of the molecule is COc1ccc([C@@H]2Cn3nnc(C(=O)N4CCN(c5ccccc5)CC4)c3CO2)cc1. The van der Waals surface area contributed by atoms with Crippen LogP contribution >= 0.6 is 0 Å². The molecule has 3 aromatic rings. The average Bonchev–Trinajstić information content (AvgIpc) is 3.27. The van der Waals surface area contributed by atoms with Crippen LogP contribution in [0.5, 0.6) is 5.75 Å². The summed E-state index contributed by atoms with van der Waals surface area (Å²) in [4.78, 5) is 17.3. The standard InChI is InChI=1S/C23H25N5O3/c1-30-19-9-7-17(8-10-19)21-15-28-20(16-31-21)22(24-25-28)23(29)27-13-11-26(12-14-27)18-5-3-2-4-6-18/h2-10,21H,11-16H2,1H3/t21-/m0/s1. The Morgan fingerprint density at radius 3 is 2.48 bits per heavy atom. The molecule has 160 valence electrons. The lowest BCUT2D eigenvalue weighted by molar-refractivity contribution is -0.00198. The van der Waals surface area contributed by atoms with Crippen LogP contribution < -0.4 is 9.64 Å². The molecule has 0 N–H and O–H groups in total. The third-order valence-corrected chi connectivity index (χ3v) is 5.98. The number of carbonyl (C=O) groups is 1. The number of benzene rings is 2. The van der Waals surface area contributed by atoms with Gasteiger partial charge >= 0.3 is 0 Å². The highest BCUT2D eigenvalue weighted by atomic mass is 16.5. The topological polar surface area (TPSA) is 72.7 Å². The lowest BCUT2D eigenvalue weighted by Crippen LogP contribution is -2.49. The molecular weight excluding hydrogens is 394 g/mol. The van der Waals surface area contributed by atoms with E-state index in [1.165, 1.54) is 5.69 Å². The van der Waals surface area contributed by atoms with Crippen LogP contribution in [0.25, 0.3) is 0 Å². The van der Waals surface area contributed by atoms with Gasteiger partial charge < -0.3 is 19.3 Å². The Balaban J connectivity index is 1.25. The molecule has 0 aliphatic carbocycles. The molecule has 0 bridgehead atoms. The number of ether oxygens (including phenoxy) is 2. The van der Waals surface area contributed by atoms with Crippen LogP contribution in [0.4, 0.5) is 5.69 Å². The average molecular weight is 419 g/mol. The minimum atomic E-state index is -0.127. The number of hydrogen-bond acceptors (Lipinski definition) is 6. The lowest BCUT2D eigenvalue weighted by atomic mass is 10.1. The van der Waals surface area contributed by atoms with Gasteiger partial charge in [0, 0.05) is 31.9 Å². The molecule has 5 rings (SSSR count). The molecule has 0 radical (unpaired) electrons. The molecule has 8 heteroatoms. The number of anilines is 1. The molecule has 1 amide bonds. The summed E-state index contributed by atoms with van der Waals surface area (Å²) in [5.74, 6) is 0.738. The molecule has 0 unspecified atom stereocenters. The predicted molar refractivity (Wildman–Crippen MR) is 115 cm³/mol. The van der Waals surface area contributed by atoms with Crippen LogP contribution in [0.2, 0.25) is 0 Å². The maximum atomic E-state index is 13.1. The number of fused-ring (bicyclic) bond motifs is 1. The molecule has 0 saturated carbocycles. The fourth-order valence-electron chi connectivity index (χ4n) is 4.15. The highest BCUT2D eigenvalue weighted by Gasteiger charge is 2.31. The Morgan fingerprint density at radius 2 is 1.77 bits per heavy atom. The molecule has 2 aromatic carbocycles. The van der Waals surface area contributed by atoms with Crippen molar-refractivity contribution in [1.29, 1.82) is 0 Å². The maximum Gasteiger partial charge on any atom is 0.276 e. The first kappa shape index (κ1) is 19.6. The van der Waals surface area contributed by atoms with Gasteiger partial charge in [-0.3, -0.25) is 4.79 Å². The zero-order valence-electron chi connectivity index (χ0n) is 17.5. The van der Waals surface area contributed by atoms with E-state index in [-0.39, 0.29) is 12.0 Å². The number of aromatic nitrogens is 3. The van der Waals surface area contributed by atoms with Gasteiger partial charge in [0.2, 0.25) is 0 Å². The molecule has 8 nitrogen and oxygen atoms in total. The molecule has 1 fully saturated rings. The van der Waals surface area contributed by atoms with Crippen LogP contribution in [-0.4, -0.2) is 59.1 Å². The van der Waals surface area contributed by atoms with E-state index in [1.807, 2.05) is 47.4 Å². The molecule has 2 aliphatic rings. The summed E-state index contributed by atoms with van der Waals surface area (Å²) in [6.45, 7) is 3.77. The second kappa shape index (κ2) is 8.39. The first-order valence-corrected chi connectivity index (χ1v) is 10.5. The fourth-order valence-corrected chi connectivity index (χ4v) is 4.15. The zero-order valence-corrected chi connectivity index (χ0v) is 17.5. The van der Waals surface area contributed by atoms with Gasteiger partial charge in [-0.05, 0) is 29.8 Å². The van der Waals surface area contributed by atoms with Gasteiger partial charge in [-0.1, -0.05) is 35.5 Å². The summed E-state index contributed by atoms with van der Waals surface area (Å²) in [7, 11) is 1.65. The first-order chi connectivity index (χ1) is 15.2. The van der Waals surface area contributed by atoms with E-state index in [4.69, 9.17) is 9.47 Å². The molecule has 2 aliphatic heterocycles. The maximum absolute atomic E-state index is 13.1. The minimum absolute atomic E-state index is 0.0690. The lowest BCUT2D eigenvalue weighted by Gasteiger charge is -2.36. The van der Waals surface area contributed by atoms with Crippen LogP contribution in [0, 0.1) is 0 Å². The fraction of sp³-hybridized carbons (Fsp3) is 0.348. The number of hydrogen-bond donors (Lipinski definition) is 0. The Bertz CT molecular complexity index is 1040. The summed E-state index contributed by atoms with van der Waals surface area (Å²) in [6.07, 6.45) is -0.127. The summed E-state index contributed by atoms with van der Waals surface area (Å²) in [6, 6.07) is 18.1. The number of para-hydroxylation sites is 1. The van der Waals surface area contributed by atoms with Gasteiger partial charge in [-0.15, -0.1) is 5.10 Å². The summed E-state index contributed by atoms with van der Waals surface area (Å²) >= 11 is 0. The normalized spacial score (nSPS) is 18.5. The number of amides is 1. The Hall–Kier alpha value is -3.39. The Morgan fingerprint density at radius 1 is 1.03 bits per heavy atom. The molecule has 1 atom stereocenters. The number of nitrogens with zero attached hydrogens (tertiary/aromatic N) is 5. The van der Waals surface area contributed by atoms with Crippen molar-refractivity contribution in [2.45, 2.75) is 19.3 Å². The van der Waals surface area contributed by atoms with E-state index in [9.17, 15) is 4.79 Å². The minimum Gasteiger partial charge on any atom is -0.497 e. The highest BCUT2D eigenvalue weighted by molar-refractivity contribution is 5.93. The molecule has 0 spiro atoms. The largest absolute Gasteiger partial charge is 0.497 e. The van der Waals surface area contributed by atoms with Crippen LogP contribution in [0.3, 0.4) is 0 Å². The molecule has 1 aromatic heterocycles. The van der Waals surface area contributed by atoms with Crippen molar-refractivity contribution in [2.24, 2.45) is 0 Å². The predicted octanol–water partition coefficient (Wildman–Crippen LogP) is 2.52. The number of methoxy groups -OCH3 is 1. The van der Waals surface area contributed by atoms with Gasteiger partial charge in [0.15, 0.2) is 5.69 Å². The van der Waals surface area contributed by atoms with Crippen molar-refractivity contribution >= 4 is 11.6 Å². The highest BCUT2D eigenvalue weighted by Crippen LogP contribution is 2.28. The van der Waals surface area contributed by atoms with Crippen molar-refractivity contribution in [1.82, 2.24) is 19.9 Å². The van der Waals surface area contributed by atoms with Crippen molar-refractivity contribution in [2.75, 3.05) is 38.2 Å². The van der Waals surface area contributed by atoms with Crippen molar-refractivity contribution < 1.29 is 14.3 Å². The van der Waals surface area contributed by atoms with E-state index in [2.05, 4.69) is 27.3 Å². The van der Waals surface area contributed by atoms with E-state index >= 15 is 0 Å². The molecular formula is C23H25N5O3. The van der Waals surface area contributed by atoms with E-state index in [0.717, 1.165) is 30.1 Å². The van der Waals surface area contributed by atoms with Crippen molar-refractivity contribution in [3.63, 3.8) is 0 Å². The van der Waals surface area contributed by atoms with Crippen molar-refractivity contribution in [3.8, 4) is 5.75 Å². The summed E-state index contributed by atoms with van der Waals surface area (Å²) in [5, 5.41) is 8.46. The van der Waals surface area contributed by atoms with E-state index < -0.39 is 0 Å². The second-order valence-corrected chi connectivity index (χ2v) is 7.75. The molecule has 3 heterocycles. The van der Waals surface area contributed by atoms with E-state index in [0.29, 0.717) is 31.9 Å². The number of carbonyl (C=O) groups excluding carboxylic acids is 1. The smallest absolute Gasteiger partial charge is 0.276 e. The van der Waals surface area contributed by atoms with Crippen molar-refractivity contribution in [3.05, 3.63) is 71.5 Å². The summed E-state index contributed by atoms with van der Waals surface area (Å²) < 4.78 is 13.1. The van der Waals surface area contributed by atoms with Gasteiger partial charge in [0.25, 0.3) is 5.91 Å². The van der Waals surface area contributed by atoms with Gasteiger partial charge in [-0.2, -0.15) is 0 Å². The van der Waals surface area contributed by atoms with Crippen LogP contribution in [0.15, 0.2) is 54.6 Å². The van der Waals surface area contributed by atoms with E-state index in [1.54, 1.807) is 11.8 Å². The third-order valence-electron chi connectivity index (χ3n) is 5.98.